The first kappa shape index (κ1) is 20.0. The highest BCUT2D eigenvalue weighted by atomic mass is 16.5. The number of aromatic nitrogens is 2. The fourth-order valence-corrected chi connectivity index (χ4v) is 3.52. The average molecular weight is 381 g/mol. The molecule has 1 unspecified atom stereocenters. The molecule has 1 aliphatic heterocycles. The maximum Gasteiger partial charge on any atom is 0.255 e. The number of carbonyl (C=O) groups excluding carboxylic acids is 2. The van der Waals surface area contributed by atoms with Gasteiger partial charge in [-0.25, -0.2) is 4.98 Å². The number of carbonyl (C=O) groups is 2. The quantitative estimate of drug-likeness (QED) is 0.764. The zero-order valence-electron chi connectivity index (χ0n) is 16.7. The number of Topliss-reactive ketones (excluding diaryl/α,β-unsaturated/α-hetero) is 1. The molecule has 1 atom stereocenters. The van der Waals surface area contributed by atoms with Gasteiger partial charge in [0.05, 0.1) is 18.4 Å². The van der Waals surface area contributed by atoms with Crippen molar-refractivity contribution in [3.63, 3.8) is 0 Å². The van der Waals surface area contributed by atoms with E-state index in [9.17, 15) is 9.59 Å². The summed E-state index contributed by atoms with van der Waals surface area (Å²) in [7, 11) is 1.57. The minimum atomic E-state index is -0.0612. The van der Waals surface area contributed by atoms with Gasteiger partial charge in [0.25, 0.3) is 5.91 Å². The molecule has 148 valence electrons. The normalized spacial score (nSPS) is 16.9. The molecular weight excluding hydrogens is 354 g/mol. The zero-order valence-corrected chi connectivity index (χ0v) is 16.7. The van der Waals surface area contributed by atoms with E-state index >= 15 is 0 Å². The van der Waals surface area contributed by atoms with Gasteiger partial charge in [-0.3, -0.25) is 14.6 Å². The number of ketones is 1. The Labute approximate surface area is 165 Å². The number of hydrogen-bond acceptors (Lipinski definition) is 5. The average Bonchev–Trinajstić information content (AvgIpc) is 2.73. The van der Waals surface area contributed by atoms with Gasteiger partial charge in [-0.2, -0.15) is 0 Å². The molecule has 6 nitrogen and oxygen atoms in total. The summed E-state index contributed by atoms with van der Waals surface area (Å²) >= 11 is 0. The number of pyridine rings is 2. The largest absolute Gasteiger partial charge is 0.481 e. The van der Waals surface area contributed by atoms with Gasteiger partial charge in [-0.05, 0) is 37.0 Å². The summed E-state index contributed by atoms with van der Waals surface area (Å²) < 4.78 is 5.06. The van der Waals surface area contributed by atoms with Crippen molar-refractivity contribution >= 4 is 11.7 Å². The van der Waals surface area contributed by atoms with E-state index in [4.69, 9.17) is 4.74 Å². The monoisotopic (exact) mass is 381 g/mol. The van der Waals surface area contributed by atoms with Crippen LogP contribution in [0.4, 0.5) is 0 Å². The van der Waals surface area contributed by atoms with Crippen LogP contribution in [0.5, 0.6) is 5.88 Å². The van der Waals surface area contributed by atoms with Crippen LogP contribution in [-0.2, 0) is 4.79 Å². The van der Waals surface area contributed by atoms with Crippen molar-refractivity contribution in [2.24, 2.45) is 11.8 Å². The molecule has 2 aromatic rings. The summed E-state index contributed by atoms with van der Waals surface area (Å²) in [4.78, 5) is 35.7. The summed E-state index contributed by atoms with van der Waals surface area (Å²) in [5.41, 5.74) is 2.15. The number of hydrogen-bond donors (Lipinski definition) is 0. The highest BCUT2D eigenvalue weighted by molar-refractivity contribution is 5.94. The minimum Gasteiger partial charge on any atom is -0.481 e. The Morgan fingerprint density at radius 1 is 1.18 bits per heavy atom. The van der Waals surface area contributed by atoms with E-state index in [1.54, 1.807) is 36.5 Å². The van der Waals surface area contributed by atoms with Crippen LogP contribution in [0.15, 0.2) is 36.7 Å². The standard InChI is InChI=1S/C22H27N3O3/c1-15(2)11-20(26)18-5-4-10-25(14-18)22(27)17-6-8-19(23-13-17)16-7-9-21(28-3)24-12-16/h6-9,12-13,15,18H,4-5,10-11,14H2,1-3H3. The zero-order chi connectivity index (χ0) is 20.1. The Hall–Kier alpha value is -2.76. The van der Waals surface area contributed by atoms with Crippen LogP contribution in [0, 0.1) is 11.8 Å². The molecule has 0 spiro atoms. The van der Waals surface area contributed by atoms with Crippen molar-refractivity contribution < 1.29 is 14.3 Å². The molecule has 0 aliphatic carbocycles. The summed E-state index contributed by atoms with van der Waals surface area (Å²) in [5, 5.41) is 0. The molecule has 1 amide bonds. The number of likely N-dealkylation sites (tertiary alicyclic amines) is 1. The van der Waals surface area contributed by atoms with Crippen LogP contribution in [0.1, 0.15) is 43.5 Å². The van der Waals surface area contributed by atoms with Gasteiger partial charge >= 0.3 is 0 Å². The van der Waals surface area contributed by atoms with Gasteiger partial charge in [0.15, 0.2) is 0 Å². The molecule has 0 radical (unpaired) electrons. The van der Waals surface area contributed by atoms with Crippen LogP contribution in [0.25, 0.3) is 11.3 Å². The van der Waals surface area contributed by atoms with Crippen molar-refractivity contribution in [3.8, 4) is 17.1 Å². The van der Waals surface area contributed by atoms with E-state index in [-0.39, 0.29) is 17.6 Å². The van der Waals surface area contributed by atoms with Crippen LogP contribution >= 0.6 is 0 Å². The first-order chi connectivity index (χ1) is 13.5. The highest BCUT2D eigenvalue weighted by Gasteiger charge is 2.29. The SMILES string of the molecule is COc1ccc(-c2ccc(C(=O)N3CCCC(C(=O)CC(C)C)C3)cn2)cn1. The Kier molecular flexibility index (Phi) is 6.39. The number of methoxy groups -OCH3 is 1. The van der Waals surface area contributed by atoms with Crippen molar-refractivity contribution in [1.29, 1.82) is 0 Å². The third-order valence-corrected chi connectivity index (χ3v) is 5.03. The van der Waals surface area contributed by atoms with Crippen molar-refractivity contribution in [2.45, 2.75) is 33.1 Å². The first-order valence-corrected chi connectivity index (χ1v) is 9.76. The molecule has 28 heavy (non-hydrogen) atoms. The van der Waals surface area contributed by atoms with Gasteiger partial charge < -0.3 is 9.64 Å². The summed E-state index contributed by atoms with van der Waals surface area (Å²) in [5.74, 6) is 1.06. The Morgan fingerprint density at radius 2 is 2.00 bits per heavy atom. The first-order valence-electron chi connectivity index (χ1n) is 9.76. The maximum atomic E-state index is 12.9. The maximum absolute atomic E-state index is 12.9. The van der Waals surface area contributed by atoms with E-state index in [0.717, 1.165) is 24.1 Å². The van der Waals surface area contributed by atoms with Crippen LogP contribution in [-0.4, -0.2) is 46.8 Å². The predicted molar refractivity (Wildman–Crippen MR) is 107 cm³/mol. The second-order valence-corrected chi connectivity index (χ2v) is 7.68. The fraction of sp³-hybridized carbons (Fsp3) is 0.455. The molecule has 3 heterocycles. The van der Waals surface area contributed by atoms with Gasteiger partial charge in [-0.15, -0.1) is 0 Å². The predicted octanol–water partition coefficient (Wildman–Crippen LogP) is 3.62. The number of piperidine rings is 1. The number of amides is 1. The lowest BCUT2D eigenvalue weighted by Gasteiger charge is -2.32. The van der Waals surface area contributed by atoms with Gasteiger partial charge in [0, 0.05) is 49.5 Å². The lowest BCUT2D eigenvalue weighted by atomic mass is 9.89. The van der Waals surface area contributed by atoms with Crippen molar-refractivity contribution in [1.82, 2.24) is 14.9 Å². The third-order valence-electron chi connectivity index (χ3n) is 5.03. The van der Waals surface area contributed by atoms with Gasteiger partial charge in [0.1, 0.15) is 5.78 Å². The molecule has 0 aromatic carbocycles. The number of nitrogens with zero attached hydrogens (tertiary/aromatic N) is 3. The molecule has 2 aromatic heterocycles. The van der Waals surface area contributed by atoms with Crippen molar-refractivity contribution in [3.05, 3.63) is 42.2 Å². The minimum absolute atomic E-state index is 0.0438. The van der Waals surface area contributed by atoms with E-state index in [1.165, 1.54) is 0 Å². The molecule has 1 aliphatic rings. The lowest BCUT2D eigenvalue weighted by Crippen LogP contribution is -2.42. The van der Waals surface area contributed by atoms with Crippen LogP contribution < -0.4 is 4.74 Å². The molecular formula is C22H27N3O3. The molecule has 0 bridgehead atoms. The summed E-state index contributed by atoms with van der Waals surface area (Å²) in [6.07, 6.45) is 5.61. The van der Waals surface area contributed by atoms with Crippen LogP contribution in [0.3, 0.4) is 0 Å². The third kappa shape index (κ3) is 4.74. The second kappa shape index (κ2) is 8.95. The smallest absolute Gasteiger partial charge is 0.255 e. The van der Waals surface area contributed by atoms with Crippen LogP contribution in [0.2, 0.25) is 0 Å². The Bertz CT molecular complexity index is 816. The molecule has 1 fully saturated rings. The lowest BCUT2D eigenvalue weighted by molar-refractivity contribution is -0.124. The van der Waals surface area contributed by atoms with E-state index < -0.39 is 0 Å². The Balaban J connectivity index is 1.67. The fourth-order valence-electron chi connectivity index (χ4n) is 3.52. The van der Waals surface area contributed by atoms with E-state index in [1.807, 2.05) is 12.1 Å². The molecule has 3 rings (SSSR count). The molecule has 0 saturated carbocycles. The van der Waals surface area contributed by atoms with E-state index in [0.29, 0.717) is 36.9 Å². The Morgan fingerprint density at radius 3 is 2.61 bits per heavy atom. The van der Waals surface area contributed by atoms with Gasteiger partial charge in [-0.1, -0.05) is 13.8 Å². The number of rotatable bonds is 6. The topological polar surface area (TPSA) is 72.4 Å². The molecule has 1 saturated heterocycles. The van der Waals surface area contributed by atoms with Gasteiger partial charge in [0.2, 0.25) is 5.88 Å². The van der Waals surface area contributed by atoms with Crippen molar-refractivity contribution in [2.75, 3.05) is 20.2 Å². The second-order valence-electron chi connectivity index (χ2n) is 7.68. The summed E-state index contributed by atoms with van der Waals surface area (Å²) in [6, 6.07) is 7.26. The molecule has 6 heteroatoms. The summed E-state index contributed by atoms with van der Waals surface area (Å²) in [6.45, 7) is 5.30. The molecule has 0 N–H and O–H groups in total. The highest BCUT2D eigenvalue weighted by Crippen LogP contribution is 2.23. The number of ether oxygens (including phenoxy) is 1. The van der Waals surface area contributed by atoms with E-state index in [2.05, 4.69) is 23.8 Å².